The third-order valence-electron chi connectivity index (χ3n) is 3.56. The van der Waals surface area contributed by atoms with Crippen molar-refractivity contribution in [2.24, 2.45) is 0 Å². The van der Waals surface area contributed by atoms with Crippen LogP contribution in [0.25, 0.3) is 11.0 Å². The van der Waals surface area contributed by atoms with Gasteiger partial charge in [-0.25, -0.2) is 14.6 Å². The molecule has 0 aliphatic heterocycles. The maximum Gasteiger partial charge on any atom is 0.345 e. The average Bonchev–Trinajstić information content (AvgIpc) is 3.13. The number of nitro groups is 1. The first-order valence-electron chi connectivity index (χ1n) is 8.05. The van der Waals surface area contributed by atoms with E-state index in [9.17, 15) is 24.5 Å². The summed E-state index contributed by atoms with van der Waals surface area (Å²) < 4.78 is 15.1. The minimum Gasteiger partial charge on any atom is -0.482 e. The van der Waals surface area contributed by atoms with Gasteiger partial charge in [-0.3, -0.25) is 20.2 Å². The van der Waals surface area contributed by atoms with E-state index in [4.69, 9.17) is 13.9 Å². The quantitative estimate of drug-likeness (QED) is 0.262. The molecule has 0 saturated carbocycles. The highest BCUT2D eigenvalue weighted by molar-refractivity contribution is 7.18. The summed E-state index contributed by atoms with van der Waals surface area (Å²) in [6.45, 7) is 0.686. The number of nitrogens with zero attached hydrogens (tertiary/aromatic N) is 2. The van der Waals surface area contributed by atoms with Crippen LogP contribution in [0.4, 0.5) is 10.1 Å². The molecule has 1 N–H and O–H groups in total. The van der Waals surface area contributed by atoms with E-state index in [0.29, 0.717) is 16.9 Å². The van der Waals surface area contributed by atoms with Crippen LogP contribution in [-0.2, 0) is 14.3 Å². The number of rotatable bonds is 7. The van der Waals surface area contributed by atoms with Crippen LogP contribution in [0.5, 0.6) is 5.75 Å². The fourth-order valence-corrected chi connectivity index (χ4v) is 2.94. The third kappa shape index (κ3) is 5.13. The van der Waals surface area contributed by atoms with Crippen LogP contribution >= 0.6 is 11.3 Å². The monoisotopic (exact) mass is 419 g/mol. The first kappa shape index (κ1) is 19.9. The van der Waals surface area contributed by atoms with Gasteiger partial charge in [0.05, 0.1) is 4.92 Å². The van der Waals surface area contributed by atoms with Crippen molar-refractivity contribution in [1.29, 1.82) is 0 Å². The Morgan fingerprint density at radius 2 is 2.10 bits per heavy atom. The second-order valence-electron chi connectivity index (χ2n) is 5.66. The van der Waals surface area contributed by atoms with Crippen LogP contribution in [0.2, 0.25) is 0 Å². The average molecular weight is 419 g/mol. The van der Waals surface area contributed by atoms with Gasteiger partial charge in [-0.15, -0.1) is 0 Å². The highest BCUT2D eigenvalue weighted by atomic mass is 32.1. The number of fused-ring (bicyclic) bond motifs is 1. The van der Waals surface area contributed by atoms with Crippen molar-refractivity contribution in [3.63, 3.8) is 0 Å². The zero-order valence-electron chi connectivity index (χ0n) is 14.9. The van der Waals surface area contributed by atoms with Gasteiger partial charge in [-0.05, 0) is 36.0 Å². The van der Waals surface area contributed by atoms with Crippen molar-refractivity contribution in [3.05, 3.63) is 56.6 Å². The predicted molar refractivity (Wildman–Crippen MR) is 101 cm³/mol. The topological polar surface area (TPSA) is 151 Å². The van der Waals surface area contributed by atoms with E-state index < -0.39 is 35.6 Å². The number of thiazole rings is 1. The number of nitrogens with one attached hydrogen (secondary N) is 1. The molecule has 0 atom stereocenters. The number of amides is 1. The summed E-state index contributed by atoms with van der Waals surface area (Å²) in [5.41, 5.74) is 0.569. The molecule has 0 radical (unpaired) electrons. The van der Waals surface area contributed by atoms with Crippen molar-refractivity contribution in [2.75, 3.05) is 18.5 Å². The summed E-state index contributed by atoms with van der Waals surface area (Å²) in [5, 5.41) is 13.4. The maximum atomic E-state index is 11.7. The standard InChI is InChI=1S/C17H13N3O8S/c1-9-4-15(22)28-12-5-10(2-3-11(9)12)26-8-16(23)27-7-13(21)19-17-18-6-14(29-17)20(24)25/h2-6H,7-8H2,1H3,(H,18,19,21). The molecule has 0 unspecified atom stereocenters. The van der Waals surface area contributed by atoms with Gasteiger partial charge in [0.15, 0.2) is 18.3 Å². The first-order chi connectivity index (χ1) is 13.8. The van der Waals surface area contributed by atoms with Crippen LogP contribution in [-0.4, -0.2) is 35.0 Å². The highest BCUT2D eigenvalue weighted by Gasteiger charge is 2.15. The normalized spacial score (nSPS) is 10.5. The molecular formula is C17H13N3O8S. The Morgan fingerprint density at radius 3 is 2.83 bits per heavy atom. The molecule has 0 spiro atoms. The van der Waals surface area contributed by atoms with Crippen molar-refractivity contribution < 1.29 is 28.4 Å². The Kier molecular flexibility index (Phi) is 5.83. The molecule has 2 heterocycles. The largest absolute Gasteiger partial charge is 0.482 e. The van der Waals surface area contributed by atoms with Crippen LogP contribution in [0.1, 0.15) is 5.56 Å². The van der Waals surface area contributed by atoms with E-state index >= 15 is 0 Å². The Balaban J connectivity index is 1.49. The molecule has 12 heteroatoms. The third-order valence-corrected chi connectivity index (χ3v) is 4.43. The summed E-state index contributed by atoms with van der Waals surface area (Å²) in [4.78, 5) is 48.5. The SMILES string of the molecule is Cc1cc(=O)oc2cc(OCC(=O)OCC(=O)Nc3ncc([N+](=O)[O-])s3)ccc12. The number of carbonyl (C=O) groups excluding carboxylic acids is 2. The van der Waals surface area contributed by atoms with Gasteiger partial charge in [-0.1, -0.05) is 0 Å². The van der Waals surface area contributed by atoms with Crippen LogP contribution < -0.4 is 15.7 Å². The minimum absolute atomic E-state index is 0.0157. The van der Waals surface area contributed by atoms with Gasteiger partial charge in [0.25, 0.3) is 5.91 Å². The van der Waals surface area contributed by atoms with E-state index in [1.54, 1.807) is 19.1 Å². The lowest BCUT2D eigenvalue weighted by molar-refractivity contribution is -0.380. The molecule has 3 aromatic rings. The van der Waals surface area contributed by atoms with Crippen LogP contribution in [0.15, 0.2) is 39.7 Å². The highest BCUT2D eigenvalue weighted by Crippen LogP contribution is 2.25. The van der Waals surface area contributed by atoms with E-state index in [1.165, 1.54) is 12.1 Å². The lowest BCUT2D eigenvalue weighted by atomic mass is 10.1. The lowest BCUT2D eigenvalue weighted by Gasteiger charge is -2.08. The molecule has 0 aliphatic rings. The number of ether oxygens (including phenoxy) is 2. The molecule has 1 aromatic carbocycles. The number of hydrogen-bond acceptors (Lipinski definition) is 10. The number of carbonyl (C=O) groups is 2. The smallest absolute Gasteiger partial charge is 0.345 e. The van der Waals surface area contributed by atoms with E-state index in [0.717, 1.165) is 17.1 Å². The van der Waals surface area contributed by atoms with Gasteiger partial charge in [-0.2, -0.15) is 0 Å². The number of benzene rings is 1. The molecule has 2 aromatic heterocycles. The van der Waals surface area contributed by atoms with Gasteiger partial charge in [0.2, 0.25) is 0 Å². The Labute approximate surface area is 166 Å². The van der Waals surface area contributed by atoms with Crippen molar-refractivity contribution >= 4 is 44.3 Å². The molecular weight excluding hydrogens is 406 g/mol. The van der Waals surface area contributed by atoms with Gasteiger partial charge >= 0.3 is 16.6 Å². The van der Waals surface area contributed by atoms with E-state index in [-0.39, 0.29) is 15.9 Å². The number of aromatic nitrogens is 1. The Morgan fingerprint density at radius 1 is 1.31 bits per heavy atom. The zero-order chi connectivity index (χ0) is 21.0. The molecule has 0 aliphatic carbocycles. The van der Waals surface area contributed by atoms with Crippen molar-refractivity contribution in [1.82, 2.24) is 4.98 Å². The molecule has 0 saturated heterocycles. The molecule has 11 nitrogen and oxygen atoms in total. The number of esters is 1. The van der Waals surface area contributed by atoms with E-state index in [2.05, 4.69) is 10.3 Å². The number of aryl methyl sites for hydroxylation is 1. The molecule has 3 rings (SSSR count). The predicted octanol–water partition coefficient (Wildman–Crippen LogP) is 2.03. The number of hydrogen-bond donors (Lipinski definition) is 1. The van der Waals surface area contributed by atoms with E-state index in [1.807, 2.05) is 0 Å². The molecule has 1 amide bonds. The summed E-state index contributed by atoms with van der Waals surface area (Å²) in [6, 6.07) is 6.13. The first-order valence-corrected chi connectivity index (χ1v) is 8.86. The Hall–Kier alpha value is -3.80. The van der Waals surface area contributed by atoms with Gasteiger partial charge in [0, 0.05) is 17.5 Å². The molecule has 150 valence electrons. The molecule has 0 bridgehead atoms. The van der Waals surface area contributed by atoms with Crippen LogP contribution in [0, 0.1) is 17.0 Å². The minimum atomic E-state index is -0.809. The fraction of sp³-hybridized carbons (Fsp3) is 0.176. The Bertz CT molecular complexity index is 1150. The lowest BCUT2D eigenvalue weighted by Crippen LogP contribution is -2.23. The second-order valence-corrected chi connectivity index (χ2v) is 6.67. The van der Waals surface area contributed by atoms with Crippen molar-refractivity contribution in [2.45, 2.75) is 6.92 Å². The summed E-state index contributed by atoms with van der Waals surface area (Å²) in [6.07, 6.45) is 1.01. The van der Waals surface area contributed by atoms with Gasteiger partial charge in [0.1, 0.15) is 17.5 Å². The number of anilines is 1. The summed E-state index contributed by atoms with van der Waals surface area (Å²) in [7, 11) is 0. The van der Waals surface area contributed by atoms with Crippen molar-refractivity contribution in [3.8, 4) is 5.75 Å². The zero-order valence-corrected chi connectivity index (χ0v) is 15.7. The van der Waals surface area contributed by atoms with Gasteiger partial charge < -0.3 is 13.9 Å². The maximum absolute atomic E-state index is 11.7. The molecule has 29 heavy (non-hydrogen) atoms. The molecule has 0 fully saturated rings. The fourth-order valence-electron chi connectivity index (χ4n) is 2.29. The van der Waals surface area contributed by atoms with Crippen LogP contribution in [0.3, 0.4) is 0 Å². The summed E-state index contributed by atoms with van der Waals surface area (Å²) >= 11 is 0.675. The second kappa shape index (κ2) is 8.48. The summed E-state index contributed by atoms with van der Waals surface area (Å²) in [5.74, 6) is -1.23.